The lowest BCUT2D eigenvalue weighted by Gasteiger charge is -2.32. The molecule has 4 atom stereocenters. The van der Waals surface area contributed by atoms with Crippen molar-refractivity contribution in [2.45, 2.75) is 63.2 Å². The maximum atomic E-state index is 14.6. The molecule has 46 heavy (non-hydrogen) atoms. The molecule has 11 nitrogen and oxygen atoms in total. The van der Waals surface area contributed by atoms with Crippen molar-refractivity contribution in [3.8, 4) is 0 Å². The van der Waals surface area contributed by atoms with E-state index in [-0.39, 0.29) is 36.0 Å². The van der Waals surface area contributed by atoms with E-state index in [1.165, 1.54) is 0 Å². The van der Waals surface area contributed by atoms with Crippen molar-refractivity contribution in [1.82, 2.24) is 15.0 Å². The van der Waals surface area contributed by atoms with Crippen molar-refractivity contribution < 1.29 is 24.2 Å². The van der Waals surface area contributed by atoms with Crippen LogP contribution in [0.5, 0.6) is 0 Å². The average Bonchev–Trinajstić information content (AvgIpc) is 3.67. The molecule has 5 N–H and O–H groups in total. The molecule has 4 aromatic rings. The number of ether oxygens (including phenoxy) is 1. The summed E-state index contributed by atoms with van der Waals surface area (Å²) in [6.45, 7) is 6.68. The first-order chi connectivity index (χ1) is 22.0. The number of aliphatic hydroxyl groups is 1. The first-order valence-corrected chi connectivity index (χ1v) is 18.6. The Morgan fingerprint density at radius 2 is 1.80 bits per heavy atom. The van der Waals surface area contributed by atoms with E-state index in [0.29, 0.717) is 48.6 Å². The van der Waals surface area contributed by atoms with Crippen LogP contribution in [0.25, 0.3) is 0 Å². The van der Waals surface area contributed by atoms with Gasteiger partial charge in [0.2, 0.25) is 0 Å². The number of nitrogens with zero attached hydrogens (tertiary/aromatic N) is 4. The van der Waals surface area contributed by atoms with Crippen LogP contribution in [0, 0.1) is 5.92 Å². The van der Waals surface area contributed by atoms with Gasteiger partial charge in [-0.05, 0) is 67.5 Å². The highest BCUT2D eigenvalue weighted by molar-refractivity contribution is 6.71. The molecule has 0 bridgehead atoms. The van der Waals surface area contributed by atoms with Gasteiger partial charge < -0.3 is 30.6 Å². The number of fused-ring (bicyclic) bond motifs is 2. The van der Waals surface area contributed by atoms with Crippen LogP contribution in [0.2, 0.25) is 18.6 Å². The summed E-state index contributed by atoms with van der Waals surface area (Å²) < 4.78 is 8.61. The predicted octanol–water partition coefficient (Wildman–Crippen LogP) is 4.08. The highest BCUT2D eigenvalue weighted by Gasteiger charge is 2.66. The minimum atomic E-state index is -2.80. The monoisotopic (exact) mass is 640 g/mol. The van der Waals surface area contributed by atoms with E-state index in [0.717, 1.165) is 16.8 Å². The zero-order valence-electron chi connectivity index (χ0n) is 26.3. The summed E-state index contributed by atoms with van der Waals surface area (Å²) in [6.07, 6.45) is 2.43. The third kappa shape index (κ3) is 5.84. The molecule has 0 aliphatic carbocycles. The fraction of sp³-hybridized carbons (Fsp3) is 0.353. The topological polar surface area (TPSA) is 156 Å². The van der Waals surface area contributed by atoms with Crippen LogP contribution in [0.15, 0.2) is 79.0 Å². The van der Waals surface area contributed by atoms with Gasteiger partial charge in [-0.2, -0.15) is 0 Å². The maximum absolute atomic E-state index is 14.6. The Morgan fingerprint density at radius 3 is 2.50 bits per heavy atom. The highest BCUT2D eigenvalue weighted by Crippen LogP contribution is 2.59. The van der Waals surface area contributed by atoms with Gasteiger partial charge in [0.05, 0.1) is 24.0 Å². The number of aryl methyl sites for hydroxylation is 1. The SMILES string of the molecule is C[C@@H]1[C@@H]([Si](C)(C)O)[C@H](CCn2cc(CCO)nn2)O[C@@]12C(=O)N(Cc1ccc(NC(=O)c3ccc(N)cc3)cc1)c1ccccc12. The smallest absolute Gasteiger partial charge is 0.264 e. The van der Waals surface area contributed by atoms with E-state index in [1.807, 2.05) is 74.7 Å². The molecule has 12 heteroatoms. The van der Waals surface area contributed by atoms with Crippen molar-refractivity contribution in [3.05, 3.63) is 101 Å². The Hall–Kier alpha value is -4.36. The Balaban J connectivity index is 1.23. The lowest BCUT2D eigenvalue weighted by Crippen LogP contribution is -2.46. The van der Waals surface area contributed by atoms with Crippen molar-refractivity contribution in [2.24, 2.45) is 5.92 Å². The van der Waals surface area contributed by atoms with Crippen molar-refractivity contribution in [3.63, 3.8) is 0 Å². The van der Waals surface area contributed by atoms with Crippen molar-refractivity contribution in [1.29, 1.82) is 0 Å². The van der Waals surface area contributed by atoms with E-state index >= 15 is 0 Å². The second-order valence-electron chi connectivity index (χ2n) is 12.8. The number of hydrogen-bond acceptors (Lipinski definition) is 8. The summed E-state index contributed by atoms with van der Waals surface area (Å²) in [6, 6.07) is 21.9. The van der Waals surface area contributed by atoms with Crippen LogP contribution < -0.4 is 16.0 Å². The number of nitrogens with one attached hydrogen (secondary N) is 1. The molecule has 1 fully saturated rings. The Kier molecular flexibility index (Phi) is 8.55. The molecule has 0 saturated carbocycles. The maximum Gasteiger partial charge on any atom is 0.264 e. The number of para-hydroxylation sites is 1. The van der Waals surface area contributed by atoms with E-state index in [9.17, 15) is 19.5 Å². The number of amides is 2. The third-order valence-electron chi connectivity index (χ3n) is 9.21. The van der Waals surface area contributed by atoms with Crippen LogP contribution in [-0.4, -0.2) is 57.7 Å². The molecule has 2 aliphatic heterocycles. The molecule has 1 spiro atoms. The minimum absolute atomic E-state index is 0.0000865. The van der Waals surface area contributed by atoms with Crippen LogP contribution in [0.4, 0.5) is 17.1 Å². The van der Waals surface area contributed by atoms with Crippen LogP contribution in [0.1, 0.15) is 40.5 Å². The van der Waals surface area contributed by atoms with Gasteiger partial charge in [0, 0.05) is 59.7 Å². The van der Waals surface area contributed by atoms with Crippen molar-refractivity contribution in [2.75, 3.05) is 22.6 Å². The van der Waals surface area contributed by atoms with Gasteiger partial charge in [0.25, 0.3) is 11.8 Å². The fourth-order valence-corrected chi connectivity index (χ4v) is 9.71. The summed E-state index contributed by atoms with van der Waals surface area (Å²) in [7, 11) is -2.80. The zero-order chi connectivity index (χ0) is 32.6. The summed E-state index contributed by atoms with van der Waals surface area (Å²) in [5, 5.41) is 20.4. The largest absolute Gasteiger partial charge is 0.432 e. The second-order valence-corrected chi connectivity index (χ2v) is 16.8. The molecule has 6 rings (SSSR count). The zero-order valence-corrected chi connectivity index (χ0v) is 27.3. The van der Waals surface area contributed by atoms with Crippen LogP contribution in [0.3, 0.4) is 0 Å². The molecule has 3 heterocycles. The first kappa shape index (κ1) is 31.6. The molecule has 3 aromatic carbocycles. The summed E-state index contributed by atoms with van der Waals surface area (Å²) >= 11 is 0. The Labute approximate surface area is 269 Å². The lowest BCUT2D eigenvalue weighted by atomic mass is 9.82. The van der Waals surface area contributed by atoms with E-state index in [2.05, 4.69) is 15.6 Å². The number of carbonyl (C=O) groups is 2. The second kappa shape index (κ2) is 12.4. The molecular formula is C34H40N6O5Si. The number of nitrogen functional groups attached to an aromatic ring is 1. The number of aliphatic hydroxyl groups excluding tert-OH is 1. The van der Waals surface area contributed by atoms with E-state index in [4.69, 9.17) is 10.5 Å². The molecule has 1 saturated heterocycles. The quantitative estimate of drug-likeness (QED) is 0.149. The molecule has 240 valence electrons. The number of aromatic nitrogens is 3. The van der Waals surface area contributed by atoms with Crippen LogP contribution >= 0.6 is 0 Å². The standard InChI is InChI=1S/C34H40N6O5Si/c1-22-31(46(2,3)44)30(16-18-39-21-27(17-19-41)37-38-39)45-34(22)28-6-4-5-7-29(28)40(33(34)43)20-23-8-14-26(15-9-23)36-32(42)24-10-12-25(35)13-11-24/h4-15,21-22,30-31,41,44H,16-20,35H2,1-3H3,(H,36,42)/t22-,30+,31-,34+/m1/s1. The molecule has 0 radical (unpaired) electrons. The van der Waals surface area contributed by atoms with Gasteiger partial charge in [-0.1, -0.05) is 42.5 Å². The Bertz CT molecular complexity index is 1720. The van der Waals surface area contributed by atoms with Crippen molar-refractivity contribution >= 4 is 37.2 Å². The number of hydrogen-bond donors (Lipinski definition) is 4. The van der Waals surface area contributed by atoms with Gasteiger partial charge in [-0.3, -0.25) is 14.3 Å². The lowest BCUT2D eigenvalue weighted by molar-refractivity contribution is -0.146. The van der Waals surface area contributed by atoms with E-state index < -0.39 is 13.9 Å². The number of rotatable bonds is 10. The predicted molar refractivity (Wildman–Crippen MR) is 177 cm³/mol. The first-order valence-electron chi connectivity index (χ1n) is 15.6. The molecule has 2 amide bonds. The van der Waals surface area contributed by atoms with Crippen LogP contribution in [-0.2, 0) is 34.6 Å². The fourth-order valence-electron chi connectivity index (χ4n) is 7.11. The van der Waals surface area contributed by atoms with E-state index in [1.54, 1.807) is 33.8 Å². The number of carbonyl (C=O) groups excluding carboxylic acids is 2. The highest BCUT2D eigenvalue weighted by atomic mass is 28.4. The van der Waals surface area contributed by atoms with Gasteiger partial charge in [-0.25, -0.2) is 0 Å². The number of benzene rings is 3. The van der Waals surface area contributed by atoms with Gasteiger partial charge >= 0.3 is 0 Å². The summed E-state index contributed by atoms with van der Waals surface area (Å²) in [5.41, 5.74) is 9.26. The van der Waals surface area contributed by atoms with Gasteiger partial charge in [-0.15, -0.1) is 5.10 Å². The van der Waals surface area contributed by atoms with Gasteiger partial charge in [0.1, 0.15) is 0 Å². The number of nitrogens with two attached hydrogens (primary N) is 1. The summed E-state index contributed by atoms with van der Waals surface area (Å²) in [4.78, 5) is 40.5. The normalized spacial score (nSPS) is 22.4. The third-order valence-corrected chi connectivity index (χ3v) is 11.7. The van der Waals surface area contributed by atoms with Gasteiger partial charge in [0.15, 0.2) is 13.9 Å². The minimum Gasteiger partial charge on any atom is -0.432 e. The Morgan fingerprint density at radius 1 is 1.09 bits per heavy atom. The molecule has 2 aliphatic rings. The summed E-state index contributed by atoms with van der Waals surface area (Å²) in [5.74, 6) is -0.646. The molecular weight excluding hydrogens is 600 g/mol. The molecule has 0 unspecified atom stereocenters. The number of anilines is 3. The molecule has 1 aromatic heterocycles. The average molecular weight is 641 g/mol.